The van der Waals surface area contributed by atoms with Crippen LogP contribution in [0.15, 0.2) is 48.6 Å². The first-order chi connectivity index (χ1) is 34.5. The summed E-state index contributed by atoms with van der Waals surface area (Å²) >= 11 is 0. The van der Waals surface area contributed by atoms with Gasteiger partial charge in [-0.2, -0.15) is 0 Å². The molecule has 0 N–H and O–H groups in total. The average molecular weight is 982 g/mol. The normalized spacial score (nSPS) is 12.3. The van der Waals surface area contributed by atoms with E-state index in [2.05, 4.69) is 69.4 Å². The summed E-state index contributed by atoms with van der Waals surface area (Å²) in [7, 11) is 0. The summed E-state index contributed by atoms with van der Waals surface area (Å²) in [6.45, 7) is 6.54. The monoisotopic (exact) mass is 981 g/mol. The summed E-state index contributed by atoms with van der Waals surface area (Å²) in [5, 5.41) is 0. The highest BCUT2D eigenvalue weighted by molar-refractivity contribution is 5.71. The van der Waals surface area contributed by atoms with Crippen LogP contribution in [0.3, 0.4) is 0 Å². The van der Waals surface area contributed by atoms with E-state index in [0.717, 1.165) is 103 Å². The second-order valence-corrected chi connectivity index (χ2v) is 20.6. The molecule has 0 fully saturated rings. The molecule has 0 spiro atoms. The number of ether oxygens (including phenoxy) is 3. The fraction of sp³-hybridized carbons (Fsp3) is 0.828. The number of rotatable bonds is 56. The number of allylic oxidation sites excluding steroid dienone is 8. The molecule has 1 unspecified atom stereocenters. The maximum atomic E-state index is 12.8. The molecule has 0 heterocycles. The molecule has 0 aromatic carbocycles. The van der Waals surface area contributed by atoms with Crippen LogP contribution in [0.1, 0.15) is 323 Å². The molecule has 0 aromatic heterocycles. The number of unbranched alkanes of at least 4 members (excludes halogenated alkanes) is 37. The zero-order chi connectivity index (χ0) is 50.7. The van der Waals surface area contributed by atoms with Gasteiger partial charge in [0, 0.05) is 19.3 Å². The third kappa shape index (κ3) is 56.3. The Hall–Kier alpha value is -2.63. The van der Waals surface area contributed by atoms with E-state index in [-0.39, 0.29) is 31.1 Å². The first kappa shape index (κ1) is 67.4. The Kier molecular flexibility index (Phi) is 56.7. The summed E-state index contributed by atoms with van der Waals surface area (Å²) in [6, 6.07) is 0. The van der Waals surface area contributed by atoms with Crippen LogP contribution in [0.25, 0.3) is 0 Å². The zero-order valence-electron chi connectivity index (χ0n) is 46.8. The van der Waals surface area contributed by atoms with Gasteiger partial charge in [0.25, 0.3) is 0 Å². The molecule has 1 atom stereocenters. The van der Waals surface area contributed by atoms with Crippen LogP contribution in [0.2, 0.25) is 0 Å². The minimum atomic E-state index is -0.784. The maximum Gasteiger partial charge on any atom is 0.306 e. The molecule has 0 amide bonds. The summed E-state index contributed by atoms with van der Waals surface area (Å²) in [4.78, 5) is 38.2. The molecule has 0 aliphatic heterocycles. The lowest BCUT2D eigenvalue weighted by atomic mass is 10.0. The minimum absolute atomic E-state index is 0.0797. The molecule has 0 saturated heterocycles. The van der Waals surface area contributed by atoms with Crippen LogP contribution in [0.5, 0.6) is 0 Å². The molecule has 0 aliphatic rings. The van der Waals surface area contributed by atoms with E-state index in [1.807, 2.05) is 0 Å². The topological polar surface area (TPSA) is 78.9 Å². The van der Waals surface area contributed by atoms with E-state index in [1.165, 1.54) is 180 Å². The van der Waals surface area contributed by atoms with Crippen molar-refractivity contribution in [2.24, 2.45) is 0 Å². The van der Waals surface area contributed by atoms with Gasteiger partial charge in [-0.05, 0) is 77.0 Å². The second kappa shape index (κ2) is 58.9. The van der Waals surface area contributed by atoms with Crippen molar-refractivity contribution in [3.05, 3.63) is 48.6 Å². The van der Waals surface area contributed by atoms with Crippen LogP contribution >= 0.6 is 0 Å². The molecule has 0 radical (unpaired) electrons. The molecule has 70 heavy (non-hydrogen) atoms. The van der Waals surface area contributed by atoms with E-state index in [1.54, 1.807) is 0 Å². The minimum Gasteiger partial charge on any atom is -0.462 e. The zero-order valence-corrected chi connectivity index (χ0v) is 46.8. The van der Waals surface area contributed by atoms with Crippen LogP contribution in [0.4, 0.5) is 0 Å². The van der Waals surface area contributed by atoms with Crippen molar-refractivity contribution in [2.75, 3.05) is 13.2 Å². The Labute approximate surface area is 435 Å². The molecule has 6 nitrogen and oxygen atoms in total. The number of carbonyl (C=O) groups is 3. The smallest absolute Gasteiger partial charge is 0.306 e. The standard InChI is InChI=1S/C64H116O6/c1-4-7-10-13-16-19-22-25-27-28-29-30-31-32-33-34-35-37-39-42-45-48-51-54-57-63(66)69-60-61(59-68-62(65)56-53-50-47-44-41-38-24-21-18-15-12-9-6-3)70-64(67)58-55-52-49-46-43-40-36-26-23-20-17-14-11-8-5-2/h8,11,17,20-21,24,26,36,61H,4-7,9-10,12-16,18-19,22-23,25,27-35,37-60H2,1-3H3/b11-8-,20-17-,24-21-,36-26-. The predicted molar refractivity (Wildman–Crippen MR) is 302 cm³/mol. The van der Waals surface area contributed by atoms with Crippen LogP contribution in [0, 0.1) is 0 Å². The van der Waals surface area contributed by atoms with Gasteiger partial charge in [0.1, 0.15) is 13.2 Å². The Bertz CT molecular complexity index is 1220. The number of esters is 3. The molecule has 408 valence electrons. The van der Waals surface area contributed by atoms with Crippen LogP contribution in [-0.2, 0) is 28.6 Å². The average Bonchev–Trinajstić information content (AvgIpc) is 3.36. The third-order valence-electron chi connectivity index (χ3n) is 13.6. The van der Waals surface area contributed by atoms with Gasteiger partial charge in [-0.1, -0.05) is 275 Å². The van der Waals surface area contributed by atoms with Crippen molar-refractivity contribution >= 4 is 17.9 Å². The van der Waals surface area contributed by atoms with E-state index in [9.17, 15) is 14.4 Å². The summed E-state index contributed by atoms with van der Waals surface area (Å²) < 4.78 is 16.9. The lowest BCUT2D eigenvalue weighted by Gasteiger charge is -2.18. The molecule has 0 bridgehead atoms. The van der Waals surface area contributed by atoms with Gasteiger partial charge in [0.05, 0.1) is 0 Å². The highest BCUT2D eigenvalue weighted by Gasteiger charge is 2.19. The number of hydrogen-bond acceptors (Lipinski definition) is 6. The molecule has 0 aromatic rings. The largest absolute Gasteiger partial charge is 0.462 e. The highest BCUT2D eigenvalue weighted by atomic mass is 16.6. The second-order valence-electron chi connectivity index (χ2n) is 20.6. The molecular weight excluding hydrogens is 865 g/mol. The highest BCUT2D eigenvalue weighted by Crippen LogP contribution is 2.17. The molecular formula is C64H116O6. The van der Waals surface area contributed by atoms with Crippen LogP contribution < -0.4 is 0 Å². The maximum absolute atomic E-state index is 12.8. The van der Waals surface area contributed by atoms with Gasteiger partial charge in [0.15, 0.2) is 6.10 Å². The van der Waals surface area contributed by atoms with Crippen LogP contribution in [-0.4, -0.2) is 37.2 Å². The third-order valence-corrected chi connectivity index (χ3v) is 13.6. The van der Waals surface area contributed by atoms with Crippen molar-refractivity contribution in [1.82, 2.24) is 0 Å². The predicted octanol–water partition coefficient (Wildman–Crippen LogP) is 20.6. The van der Waals surface area contributed by atoms with Crippen molar-refractivity contribution in [3.63, 3.8) is 0 Å². The van der Waals surface area contributed by atoms with Crippen molar-refractivity contribution in [2.45, 2.75) is 329 Å². The van der Waals surface area contributed by atoms with Gasteiger partial charge in [0.2, 0.25) is 0 Å². The van der Waals surface area contributed by atoms with Crippen molar-refractivity contribution in [3.8, 4) is 0 Å². The summed E-state index contributed by atoms with van der Waals surface area (Å²) in [5.41, 5.74) is 0. The van der Waals surface area contributed by atoms with E-state index in [4.69, 9.17) is 14.2 Å². The first-order valence-electron chi connectivity index (χ1n) is 30.6. The van der Waals surface area contributed by atoms with Gasteiger partial charge in [-0.3, -0.25) is 14.4 Å². The van der Waals surface area contributed by atoms with Gasteiger partial charge in [-0.15, -0.1) is 0 Å². The van der Waals surface area contributed by atoms with E-state index in [0.29, 0.717) is 19.3 Å². The number of hydrogen-bond donors (Lipinski definition) is 0. The lowest BCUT2D eigenvalue weighted by molar-refractivity contribution is -0.167. The Morgan fingerprint density at radius 2 is 0.557 bits per heavy atom. The Morgan fingerprint density at radius 3 is 0.900 bits per heavy atom. The van der Waals surface area contributed by atoms with Crippen molar-refractivity contribution < 1.29 is 28.6 Å². The molecule has 0 aliphatic carbocycles. The Balaban J connectivity index is 4.25. The molecule has 0 saturated carbocycles. The summed E-state index contributed by atoms with van der Waals surface area (Å²) in [5.74, 6) is -0.890. The summed E-state index contributed by atoms with van der Waals surface area (Å²) in [6.07, 6.45) is 72.6. The lowest BCUT2D eigenvalue weighted by Crippen LogP contribution is -2.30. The molecule has 6 heteroatoms. The number of carbonyl (C=O) groups excluding carboxylic acids is 3. The van der Waals surface area contributed by atoms with E-state index < -0.39 is 6.10 Å². The fourth-order valence-electron chi connectivity index (χ4n) is 8.98. The van der Waals surface area contributed by atoms with Gasteiger partial charge < -0.3 is 14.2 Å². The Morgan fingerprint density at radius 1 is 0.300 bits per heavy atom. The SMILES string of the molecule is CC/C=C\C/C=C\C/C=C\CCCCCCCC(=O)OC(COC(=O)CCCCCCC/C=C\CCCCCC)COC(=O)CCCCCCCCCCCCCCCCCCCCCCCCCC. The first-order valence-corrected chi connectivity index (χ1v) is 30.6. The van der Waals surface area contributed by atoms with Crippen molar-refractivity contribution in [1.29, 1.82) is 0 Å². The fourth-order valence-corrected chi connectivity index (χ4v) is 8.98. The van der Waals surface area contributed by atoms with E-state index >= 15 is 0 Å². The quantitative estimate of drug-likeness (QED) is 0.0261. The molecule has 0 rings (SSSR count). The van der Waals surface area contributed by atoms with Gasteiger partial charge >= 0.3 is 17.9 Å². The van der Waals surface area contributed by atoms with Gasteiger partial charge in [-0.25, -0.2) is 0 Å².